The first-order chi connectivity index (χ1) is 16.8. The van der Waals surface area contributed by atoms with Gasteiger partial charge in [0.1, 0.15) is 18.1 Å². The van der Waals surface area contributed by atoms with E-state index in [1.54, 1.807) is 13.8 Å². The van der Waals surface area contributed by atoms with Crippen LogP contribution in [0, 0.1) is 5.92 Å². The number of carbonyl (C=O) groups is 5. The number of carboxylic acid groups (broad SMARTS) is 1. The molecule has 4 atom stereocenters. The van der Waals surface area contributed by atoms with Crippen LogP contribution >= 0.6 is 0 Å². The number of unbranched alkanes of at least 4 members (excludes halogenated alkanes) is 1. The van der Waals surface area contributed by atoms with Crippen LogP contribution in [0.1, 0.15) is 52.4 Å². The number of hydrogen-bond donors (Lipinski definition) is 9. The molecule has 0 bridgehead atoms. The maximum atomic E-state index is 12.9. The zero-order valence-corrected chi connectivity index (χ0v) is 20.9. The molecular weight excluding hydrogens is 474 g/mol. The third-order valence-electron chi connectivity index (χ3n) is 5.20. The molecule has 0 aliphatic heterocycles. The average molecular weight is 516 g/mol. The highest BCUT2D eigenvalue weighted by atomic mass is 16.4. The smallest absolute Gasteiger partial charge is 0.326 e. The third kappa shape index (κ3) is 13.4. The van der Waals surface area contributed by atoms with Crippen molar-refractivity contribution in [3.63, 3.8) is 0 Å². The Kier molecular flexibility index (Phi) is 15.4. The lowest BCUT2D eigenvalue weighted by Gasteiger charge is -2.25. The van der Waals surface area contributed by atoms with Gasteiger partial charge < -0.3 is 49.7 Å². The summed E-state index contributed by atoms with van der Waals surface area (Å²) in [6.07, 6.45) is 0.934. The zero-order valence-electron chi connectivity index (χ0n) is 20.9. The second kappa shape index (κ2) is 17.0. The molecule has 15 heteroatoms. The van der Waals surface area contributed by atoms with E-state index < -0.39 is 60.2 Å². The summed E-state index contributed by atoms with van der Waals surface area (Å²) in [5, 5.41) is 16.7. The number of guanidine groups is 1. The fourth-order valence-corrected chi connectivity index (χ4v) is 3.05. The molecule has 206 valence electrons. The highest BCUT2D eigenvalue weighted by molar-refractivity contribution is 5.96. The van der Waals surface area contributed by atoms with Gasteiger partial charge in [-0.25, -0.2) is 4.79 Å². The molecule has 0 rings (SSSR count). The summed E-state index contributed by atoms with van der Waals surface area (Å²) in [5.41, 5.74) is 27.1. The van der Waals surface area contributed by atoms with Gasteiger partial charge in [0.25, 0.3) is 0 Å². The van der Waals surface area contributed by atoms with Gasteiger partial charge in [0.05, 0.1) is 12.5 Å². The molecule has 0 saturated carbocycles. The summed E-state index contributed by atoms with van der Waals surface area (Å²) in [6, 6.07) is -4.76. The van der Waals surface area contributed by atoms with Crippen molar-refractivity contribution in [2.75, 3.05) is 13.1 Å². The van der Waals surface area contributed by atoms with E-state index in [1.165, 1.54) is 0 Å². The van der Waals surface area contributed by atoms with Crippen LogP contribution in [0.25, 0.3) is 0 Å². The molecule has 36 heavy (non-hydrogen) atoms. The third-order valence-corrected chi connectivity index (χ3v) is 5.20. The van der Waals surface area contributed by atoms with E-state index >= 15 is 0 Å². The van der Waals surface area contributed by atoms with Gasteiger partial charge in [-0.05, 0) is 44.6 Å². The van der Waals surface area contributed by atoms with Gasteiger partial charge in [-0.2, -0.15) is 0 Å². The summed E-state index contributed by atoms with van der Waals surface area (Å²) >= 11 is 0. The van der Waals surface area contributed by atoms with Crippen LogP contribution in [0.5, 0.6) is 0 Å². The fourth-order valence-electron chi connectivity index (χ4n) is 3.05. The summed E-state index contributed by atoms with van der Waals surface area (Å²) in [5.74, 6) is -4.82. The molecule has 0 heterocycles. The van der Waals surface area contributed by atoms with Crippen molar-refractivity contribution in [3.8, 4) is 0 Å². The number of aliphatic carboxylic acids is 1. The first-order valence-corrected chi connectivity index (χ1v) is 11.7. The largest absolute Gasteiger partial charge is 0.480 e. The number of nitrogens with zero attached hydrogens (tertiary/aromatic N) is 1. The van der Waals surface area contributed by atoms with Crippen LogP contribution in [-0.2, 0) is 24.0 Å². The molecular formula is C21H41N9O6. The Morgan fingerprint density at radius 1 is 0.806 bits per heavy atom. The molecule has 4 unspecified atom stereocenters. The predicted molar refractivity (Wildman–Crippen MR) is 133 cm³/mol. The summed E-state index contributed by atoms with van der Waals surface area (Å²) in [7, 11) is 0. The second-order valence-corrected chi connectivity index (χ2v) is 8.70. The van der Waals surface area contributed by atoms with Crippen LogP contribution in [0.4, 0.5) is 0 Å². The van der Waals surface area contributed by atoms with Crippen LogP contribution in [0.15, 0.2) is 4.99 Å². The average Bonchev–Trinajstić information content (AvgIpc) is 2.78. The quantitative estimate of drug-likeness (QED) is 0.0494. The molecule has 14 N–H and O–H groups in total. The van der Waals surface area contributed by atoms with E-state index in [9.17, 15) is 29.1 Å². The van der Waals surface area contributed by atoms with Crippen molar-refractivity contribution in [1.82, 2.24) is 16.0 Å². The minimum atomic E-state index is -1.40. The summed E-state index contributed by atoms with van der Waals surface area (Å²) in [6.45, 7) is 3.93. The molecule has 0 aromatic rings. The van der Waals surface area contributed by atoms with E-state index in [-0.39, 0.29) is 37.7 Å². The maximum absolute atomic E-state index is 12.9. The number of nitrogens with one attached hydrogen (secondary N) is 3. The molecule has 0 aliphatic rings. The Morgan fingerprint density at radius 3 is 1.83 bits per heavy atom. The van der Waals surface area contributed by atoms with E-state index in [4.69, 9.17) is 28.7 Å². The van der Waals surface area contributed by atoms with E-state index in [1.807, 2.05) is 0 Å². The number of carbonyl (C=O) groups excluding carboxylic acids is 4. The second-order valence-electron chi connectivity index (χ2n) is 8.70. The van der Waals surface area contributed by atoms with E-state index in [2.05, 4.69) is 20.9 Å². The molecule has 15 nitrogen and oxygen atoms in total. The lowest BCUT2D eigenvalue weighted by atomic mass is 10.0. The number of primary amides is 1. The van der Waals surface area contributed by atoms with Crippen molar-refractivity contribution >= 4 is 35.6 Å². The van der Waals surface area contributed by atoms with Gasteiger partial charge in [-0.15, -0.1) is 0 Å². The number of hydrogen-bond acceptors (Lipinski definition) is 8. The predicted octanol–water partition coefficient (Wildman–Crippen LogP) is -3.43. The van der Waals surface area contributed by atoms with Crippen LogP contribution < -0.4 is 44.6 Å². The molecule has 0 saturated heterocycles. The number of amides is 4. The van der Waals surface area contributed by atoms with Gasteiger partial charge in [0.2, 0.25) is 23.6 Å². The van der Waals surface area contributed by atoms with Gasteiger partial charge in [0.15, 0.2) is 5.96 Å². The number of carboxylic acids is 1. The Morgan fingerprint density at radius 2 is 1.33 bits per heavy atom. The number of nitrogens with two attached hydrogens (primary N) is 5. The van der Waals surface area contributed by atoms with Gasteiger partial charge >= 0.3 is 5.97 Å². The van der Waals surface area contributed by atoms with Gasteiger partial charge in [0, 0.05) is 6.54 Å². The first-order valence-electron chi connectivity index (χ1n) is 11.7. The lowest BCUT2D eigenvalue weighted by molar-refractivity contribution is -0.142. The highest BCUT2D eigenvalue weighted by Crippen LogP contribution is 2.06. The SMILES string of the molecule is CC(C)C(N)C(=O)NC(CC(N)=O)C(=O)NC(CCCN=C(N)N)C(=O)NC(CCCCN)C(=O)O. The van der Waals surface area contributed by atoms with Gasteiger partial charge in [-0.1, -0.05) is 13.8 Å². The molecule has 0 fully saturated rings. The molecule has 4 amide bonds. The fraction of sp³-hybridized carbons (Fsp3) is 0.714. The lowest BCUT2D eigenvalue weighted by Crippen LogP contribution is -2.58. The minimum absolute atomic E-state index is 0.0340. The minimum Gasteiger partial charge on any atom is -0.480 e. The molecule has 0 spiro atoms. The van der Waals surface area contributed by atoms with Crippen molar-refractivity contribution in [2.45, 2.75) is 76.5 Å². The van der Waals surface area contributed by atoms with Crippen molar-refractivity contribution in [3.05, 3.63) is 0 Å². The van der Waals surface area contributed by atoms with Crippen LogP contribution in [0.3, 0.4) is 0 Å². The Hall–Kier alpha value is -3.46. The van der Waals surface area contributed by atoms with Crippen molar-refractivity contribution in [1.29, 1.82) is 0 Å². The normalized spacial score (nSPS) is 14.1. The molecule has 0 radical (unpaired) electrons. The molecule has 0 aromatic heterocycles. The van der Waals surface area contributed by atoms with Crippen LogP contribution in [-0.4, -0.2) is 77.9 Å². The molecule has 0 aromatic carbocycles. The van der Waals surface area contributed by atoms with Crippen molar-refractivity contribution in [2.24, 2.45) is 39.6 Å². The topological polar surface area (TPSA) is 284 Å². The Bertz CT molecular complexity index is 786. The Labute approximate surface area is 210 Å². The first kappa shape index (κ1) is 32.5. The Balaban J connectivity index is 5.63. The van der Waals surface area contributed by atoms with Crippen molar-refractivity contribution < 1.29 is 29.1 Å². The number of aliphatic imine (C=N–C) groups is 1. The van der Waals surface area contributed by atoms with Gasteiger partial charge in [-0.3, -0.25) is 24.2 Å². The van der Waals surface area contributed by atoms with E-state index in [0.29, 0.717) is 19.4 Å². The number of rotatable bonds is 18. The zero-order chi connectivity index (χ0) is 27.8. The molecule has 0 aliphatic carbocycles. The summed E-state index contributed by atoms with van der Waals surface area (Å²) in [4.78, 5) is 65.1. The standard InChI is InChI=1S/C21H41N9O6/c1-11(2)16(24)19(34)30-14(10-15(23)31)18(33)28-12(7-5-9-27-21(25)26)17(32)29-13(20(35)36)6-3-4-8-22/h11-14,16H,3-10,22,24H2,1-2H3,(H2,23,31)(H,28,33)(H,29,32)(H,30,34)(H,35,36)(H4,25,26,27). The monoisotopic (exact) mass is 515 g/mol. The van der Waals surface area contributed by atoms with E-state index in [0.717, 1.165) is 0 Å². The highest BCUT2D eigenvalue weighted by Gasteiger charge is 2.31. The van der Waals surface area contributed by atoms with Crippen LogP contribution in [0.2, 0.25) is 0 Å². The summed E-state index contributed by atoms with van der Waals surface area (Å²) < 4.78 is 0. The maximum Gasteiger partial charge on any atom is 0.326 e.